The molecule has 0 aliphatic heterocycles. The molecule has 5 heteroatoms. The summed E-state index contributed by atoms with van der Waals surface area (Å²) in [7, 11) is -2.63. The van der Waals surface area contributed by atoms with Crippen molar-refractivity contribution in [3.05, 3.63) is 242 Å². The molecule has 282 valence electrons. The fourth-order valence-electron chi connectivity index (χ4n) is 8.79. The minimum Gasteiger partial charge on any atom is -0.310 e. The van der Waals surface area contributed by atoms with Gasteiger partial charge in [-0.1, -0.05) is 146 Å². The van der Waals surface area contributed by atoms with Crippen molar-refractivity contribution in [1.29, 1.82) is 0 Å². The van der Waals surface area contributed by atoms with Crippen LogP contribution in [0, 0.1) is 11.6 Å². The van der Waals surface area contributed by atoms with Crippen molar-refractivity contribution in [3.8, 4) is 16.8 Å². The molecular formula is C54H38F2N2Si. The molecule has 0 saturated carbocycles. The molecule has 0 spiro atoms. The lowest BCUT2D eigenvalue weighted by Crippen LogP contribution is -2.74. The molecule has 0 aliphatic carbocycles. The van der Waals surface area contributed by atoms with E-state index >= 15 is 0 Å². The summed E-state index contributed by atoms with van der Waals surface area (Å²) < 4.78 is 30.4. The SMILES string of the molecule is Fc1ccc(N(c2ccc(-c3ccc([Si](c4ccccc4)(c4ccccc4)c4ccccc4)cc3)cc2)c2ccc3c(c2)c2ccccc2n3-c2ccc(F)cc2)cc1. The largest absolute Gasteiger partial charge is 0.310 e. The molecule has 0 bridgehead atoms. The minimum absolute atomic E-state index is 0.271. The maximum atomic E-state index is 14.3. The van der Waals surface area contributed by atoms with E-state index in [1.54, 1.807) is 0 Å². The predicted molar refractivity (Wildman–Crippen MR) is 244 cm³/mol. The fraction of sp³-hybridized carbons (Fsp3) is 0. The minimum atomic E-state index is -2.63. The van der Waals surface area contributed by atoms with Crippen molar-refractivity contribution in [1.82, 2.24) is 4.57 Å². The van der Waals surface area contributed by atoms with Gasteiger partial charge in [0.2, 0.25) is 0 Å². The van der Waals surface area contributed by atoms with E-state index in [9.17, 15) is 8.78 Å². The van der Waals surface area contributed by atoms with Gasteiger partial charge in [-0.05, 0) is 117 Å². The van der Waals surface area contributed by atoms with Crippen LogP contribution in [-0.4, -0.2) is 12.6 Å². The summed E-state index contributed by atoms with van der Waals surface area (Å²) in [6, 6.07) is 78.6. The molecule has 9 aromatic carbocycles. The van der Waals surface area contributed by atoms with E-state index in [1.807, 2.05) is 36.4 Å². The standard InChI is InChI=1S/C54H38F2N2Si/c55-41-24-30-44(31-25-41)57(46-34-37-54-52(38-46)51-18-10-11-19-53(51)58(54)45-32-26-42(56)27-33-45)43-28-20-39(21-29-43)40-22-35-50(36-23-40)59(47-12-4-1-5-13-47,48-14-6-2-7-15-48)49-16-8-3-9-17-49/h1-38H. The van der Waals surface area contributed by atoms with E-state index in [0.29, 0.717) is 0 Å². The van der Waals surface area contributed by atoms with Gasteiger partial charge < -0.3 is 9.47 Å². The highest BCUT2D eigenvalue weighted by molar-refractivity contribution is 7.19. The van der Waals surface area contributed by atoms with Gasteiger partial charge in [-0.15, -0.1) is 0 Å². The number of nitrogens with zero attached hydrogens (tertiary/aromatic N) is 2. The molecule has 59 heavy (non-hydrogen) atoms. The Morgan fingerprint density at radius 3 is 1.29 bits per heavy atom. The summed E-state index contributed by atoms with van der Waals surface area (Å²) >= 11 is 0. The molecule has 0 unspecified atom stereocenters. The third-order valence-electron chi connectivity index (χ3n) is 11.5. The van der Waals surface area contributed by atoms with Crippen LogP contribution in [0.2, 0.25) is 0 Å². The van der Waals surface area contributed by atoms with E-state index in [0.717, 1.165) is 55.7 Å². The molecule has 0 aliphatic rings. The lowest BCUT2D eigenvalue weighted by molar-refractivity contribution is 0.627. The summed E-state index contributed by atoms with van der Waals surface area (Å²) in [5, 5.41) is 7.49. The molecule has 1 heterocycles. The Kier molecular flexibility index (Phi) is 9.28. The fourth-order valence-corrected chi connectivity index (χ4v) is 13.5. The number of aromatic nitrogens is 1. The van der Waals surface area contributed by atoms with Crippen molar-refractivity contribution in [2.75, 3.05) is 4.90 Å². The second-order valence-electron chi connectivity index (χ2n) is 14.8. The van der Waals surface area contributed by atoms with Gasteiger partial charge in [0.1, 0.15) is 11.6 Å². The van der Waals surface area contributed by atoms with Crippen LogP contribution >= 0.6 is 0 Å². The number of hydrogen-bond donors (Lipinski definition) is 0. The number of benzene rings is 9. The zero-order valence-corrected chi connectivity index (χ0v) is 33.1. The van der Waals surface area contributed by atoms with E-state index in [2.05, 4.69) is 179 Å². The van der Waals surface area contributed by atoms with Crippen molar-refractivity contribution >= 4 is 67.7 Å². The third-order valence-corrected chi connectivity index (χ3v) is 16.3. The Morgan fingerprint density at radius 2 is 0.746 bits per heavy atom. The van der Waals surface area contributed by atoms with E-state index in [4.69, 9.17) is 0 Å². The summed E-state index contributed by atoms with van der Waals surface area (Å²) in [6.07, 6.45) is 0. The van der Waals surface area contributed by atoms with Crippen LogP contribution in [0.1, 0.15) is 0 Å². The van der Waals surface area contributed by atoms with Crippen LogP contribution < -0.4 is 25.6 Å². The number of rotatable bonds is 9. The molecule has 0 N–H and O–H groups in total. The second-order valence-corrected chi connectivity index (χ2v) is 18.6. The first kappa shape index (κ1) is 36.0. The van der Waals surface area contributed by atoms with Gasteiger partial charge in [-0.25, -0.2) is 8.78 Å². The van der Waals surface area contributed by atoms with Crippen LogP contribution in [0.25, 0.3) is 38.6 Å². The van der Waals surface area contributed by atoms with Gasteiger partial charge in [0.15, 0.2) is 8.07 Å². The van der Waals surface area contributed by atoms with Gasteiger partial charge in [0, 0.05) is 33.5 Å². The average Bonchev–Trinajstić information content (AvgIpc) is 3.63. The van der Waals surface area contributed by atoms with Gasteiger partial charge in [-0.3, -0.25) is 0 Å². The quantitative estimate of drug-likeness (QED) is 0.105. The van der Waals surface area contributed by atoms with Crippen molar-refractivity contribution in [3.63, 3.8) is 0 Å². The van der Waals surface area contributed by atoms with Crippen LogP contribution in [0.5, 0.6) is 0 Å². The van der Waals surface area contributed by atoms with Crippen molar-refractivity contribution in [2.45, 2.75) is 0 Å². The Bertz CT molecular complexity index is 2920. The Balaban J connectivity index is 1.05. The van der Waals surface area contributed by atoms with Crippen LogP contribution in [0.15, 0.2) is 231 Å². The molecule has 10 rings (SSSR count). The summed E-state index contributed by atoms with van der Waals surface area (Å²) in [4.78, 5) is 2.16. The molecule has 0 saturated heterocycles. The molecule has 0 atom stereocenters. The van der Waals surface area contributed by atoms with Gasteiger partial charge in [0.05, 0.1) is 11.0 Å². The highest BCUT2D eigenvalue weighted by Crippen LogP contribution is 2.40. The lowest BCUT2D eigenvalue weighted by Gasteiger charge is -2.34. The van der Waals surface area contributed by atoms with Crippen LogP contribution in [-0.2, 0) is 0 Å². The molecule has 10 aromatic rings. The molecule has 2 nitrogen and oxygen atoms in total. The van der Waals surface area contributed by atoms with Crippen molar-refractivity contribution < 1.29 is 8.78 Å². The first-order valence-corrected chi connectivity index (χ1v) is 21.8. The first-order chi connectivity index (χ1) is 29.1. The monoisotopic (exact) mass is 780 g/mol. The highest BCUT2D eigenvalue weighted by atomic mass is 28.3. The highest BCUT2D eigenvalue weighted by Gasteiger charge is 2.41. The Labute approximate surface area is 343 Å². The lowest BCUT2D eigenvalue weighted by atomic mass is 10.0. The maximum absolute atomic E-state index is 14.3. The predicted octanol–water partition coefficient (Wildman–Crippen LogP) is 11.6. The summed E-state index contributed by atoms with van der Waals surface area (Å²) in [5.41, 5.74) is 7.88. The van der Waals surface area contributed by atoms with Crippen LogP contribution in [0.3, 0.4) is 0 Å². The normalized spacial score (nSPS) is 11.6. The van der Waals surface area contributed by atoms with Gasteiger partial charge >= 0.3 is 0 Å². The second kappa shape index (κ2) is 15.2. The molecule has 0 amide bonds. The van der Waals surface area contributed by atoms with Gasteiger partial charge in [-0.2, -0.15) is 0 Å². The third kappa shape index (κ3) is 6.42. The zero-order chi connectivity index (χ0) is 39.8. The van der Waals surface area contributed by atoms with Crippen LogP contribution in [0.4, 0.5) is 25.8 Å². The molecular weight excluding hydrogens is 743 g/mol. The summed E-state index contributed by atoms with van der Waals surface area (Å²) in [6.45, 7) is 0. The first-order valence-electron chi connectivity index (χ1n) is 19.8. The number of halogens is 2. The molecule has 1 aromatic heterocycles. The number of fused-ring (bicyclic) bond motifs is 3. The van der Waals surface area contributed by atoms with E-state index in [1.165, 1.54) is 45.0 Å². The zero-order valence-electron chi connectivity index (χ0n) is 32.1. The smallest absolute Gasteiger partial charge is 0.179 e. The van der Waals surface area contributed by atoms with E-state index < -0.39 is 8.07 Å². The number of anilines is 3. The van der Waals surface area contributed by atoms with Gasteiger partial charge in [0.25, 0.3) is 0 Å². The Hall–Kier alpha value is -7.34. The molecule has 0 radical (unpaired) electrons. The summed E-state index contributed by atoms with van der Waals surface area (Å²) in [5.74, 6) is -0.558. The average molecular weight is 781 g/mol. The number of para-hydroxylation sites is 1. The van der Waals surface area contributed by atoms with E-state index in [-0.39, 0.29) is 11.6 Å². The number of hydrogen-bond acceptors (Lipinski definition) is 1. The Morgan fingerprint density at radius 1 is 0.339 bits per heavy atom. The molecule has 0 fully saturated rings. The van der Waals surface area contributed by atoms with Crippen molar-refractivity contribution in [2.24, 2.45) is 0 Å². The topological polar surface area (TPSA) is 8.17 Å². The maximum Gasteiger partial charge on any atom is 0.179 e.